The van der Waals surface area contributed by atoms with Crippen LogP contribution < -0.4 is 16.2 Å². The van der Waals surface area contributed by atoms with Gasteiger partial charge in [-0.2, -0.15) is 0 Å². The van der Waals surface area contributed by atoms with Crippen molar-refractivity contribution in [2.45, 2.75) is 38.3 Å². The van der Waals surface area contributed by atoms with Gasteiger partial charge in [-0.25, -0.2) is 4.98 Å². The minimum atomic E-state index is 0.0580. The zero-order valence-corrected chi connectivity index (χ0v) is 10.7. The van der Waals surface area contributed by atoms with Crippen LogP contribution in [-0.2, 0) is 0 Å². The third kappa shape index (κ3) is 2.03. The number of hydrogen-bond acceptors (Lipinski definition) is 4. The summed E-state index contributed by atoms with van der Waals surface area (Å²) in [6.45, 7) is 3.81. The topological polar surface area (TPSA) is 64.2 Å². The van der Waals surface area contributed by atoms with Gasteiger partial charge in [-0.15, -0.1) is 0 Å². The van der Waals surface area contributed by atoms with Crippen LogP contribution in [0.5, 0.6) is 0 Å². The SMILES string of the molecule is CC1CN(c2nccn(C3CC3)c2=O)CCC1N. The summed E-state index contributed by atoms with van der Waals surface area (Å²) in [7, 11) is 0. The summed E-state index contributed by atoms with van der Waals surface area (Å²) < 4.78 is 1.83. The summed E-state index contributed by atoms with van der Waals surface area (Å²) in [6, 6.07) is 0.652. The summed E-state index contributed by atoms with van der Waals surface area (Å²) in [4.78, 5) is 18.7. The van der Waals surface area contributed by atoms with Gasteiger partial charge in [0.15, 0.2) is 5.82 Å². The Bertz CT molecular complexity index is 494. The van der Waals surface area contributed by atoms with Gasteiger partial charge >= 0.3 is 0 Å². The lowest BCUT2D eigenvalue weighted by molar-refractivity contribution is 0.380. The molecule has 0 spiro atoms. The molecule has 1 saturated heterocycles. The molecule has 0 aromatic carbocycles. The van der Waals surface area contributed by atoms with Gasteiger partial charge < -0.3 is 15.2 Å². The van der Waals surface area contributed by atoms with Gasteiger partial charge in [0.2, 0.25) is 0 Å². The van der Waals surface area contributed by atoms with Crippen LogP contribution in [0.4, 0.5) is 5.82 Å². The lowest BCUT2D eigenvalue weighted by Crippen LogP contribution is -2.48. The highest BCUT2D eigenvalue weighted by molar-refractivity contribution is 5.37. The van der Waals surface area contributed by atoms with Gasteiger partial charge in [0.1, 0.15) is 0 Å². The number of rotatable bonds is 2. The van der Waals surface area contributed by atoms with E-state index in [1.807, 2.05) is 10.8 Å². The molecule has 2 atom stereocenters. The molecule has 1 saturated carbocycles. The van der Waals surface area contributed by atoms with E-state index in [0.717, 1.165) is 32.4 Å². The average molecular weight is 248 g/mol. The fourth-order valence-corrected chi connectivity index (χ4v) is 2.63. The maximum Gasteiger partial charge on any atom is 0.293 e. The van der Waals surface area contributed by atoms with E-state index in [-0.39, 0.29) is 11.6 Å². The third-order valence-corrected chi connectivity index (χ3v) is 4.06. The van der Waals surface area contributed by atoms with Crippen LogP contribution in [0.15, 0.2) is 17.2 Å². The molecule has 2 aliphatic rings. The van der Waals surface area contributed by atoms with Crippen LogP contribution in [0.1, 0.15) is 32.2 Å². The van der Waals surface area contributed by atoms with Gasteiger partial charge in [0, 0.05) is 37.6 Å². The number of piperidine rings is 1. The molecule has 5 nitrogen and oxygen atoms in total. The molecule has 0 bridgehead atoms. The van der Waals surface area contributed by atoms with E-state index in [4.69, 9.17) is 5.73 Å². The highest BCUT2D eigenvalue weighted by Gasteiger charge is 2.29. The van der Waals surface area contributed by atoms with E-state index in [0.29, 0.717) is 17.8 Å². The maximum atomic E-state index is 12.4. The van der Waals surface area contributed by atoms with Crippen molar-refractivity contribution in [2.75, 3.05) is 18.0 Å². The Morgan fingerprint density at radius 3 is 2.83 bits per heavy atom. The molecule has 1 aliphatic heterocycles. The standard InChI is InChI=1S/C13H20N4O/c1-9-8-16(6-4-11(9)14)12-13(18)17(7-5-15-12)10-2-3-10/h5,7,9-11H,2-4,6,8,14H2,1H3. The Kier molecular flexibility index (Phi) is 2.86. The van der Waals surface area contributed by atoms with Crippen molar-refractivity contribution in [1.82, 2.24) is 9.55 Å². The van der Waals surface area contributed by atoms with Crippen LogP contribution in [0.3, 0.4) is 0 Å². The molecule has 0 amide bonds. The first kappa shape index (κ1) is 11.7. The molecule has 5 heteroatoms. The first-order chi connectivity index (χ1) is 8.66. The van der Waals surface area contributed by atoms with E-state index in [2.05, 4.69) is 16.8 Å². The van der Waals surface area contributed by atoms with E-state index in [1.54, 1.807) is 6.20 Å². The molecule has 2 N–H and O–H groups in total. The van der Waals surface area contributed by atoms with Gasteiger partial charge in [-0.05, 0) is 25.2 Å². The van der Waals surface area contributed by atoms with Crippen molar-refractivity contribution in [3.8, 4) is 0 Å². The third-order valence-electron chi connectivity index (χ3n) is 4.06. The summed E-state index contributed by atoms with van der Waals surface area (Å²) in [5.41, 5.74) is 6.07. The van der Waals surface area contributed by atoms with E-state index < -0.39 is 0 Å². The molecule has 1 aromatic rings. The Morgan fingerprint density at radius 2 is 2.17 bits per heavy atom. The normalized spacial score (nSPS) is 28.4. The largest absolute Gasteiger partial charge is 0.352 e. The van der Waals surface area contributed by atoms with Crippen molar-refractivity contribution < 1.29 is 0 Å². The van der Waals surface area contributed by atoms with Crippen LogP contribution in [0.2, 0.25) is 0 Å². The van der Waals surface area contributed by atoms with Crippen LogP contribution in [-0.4, -0.2) is 28.7 Å². The Hall–Kier alpha value is -1.36. The van der Waals surface area contributed by atoms with E-state index in [1.165, 1.54) is 0 Å². The summed E-state index contributed by atoms with van der Waals surface area (Å²) in [6.07, 6.45) is 6.72. The summed E-state index contributed by atoms with van der Waals surface area (Å²) >= 11 is 0. The second-order valence-corrected chi connectivity index (χ2v) is 5.57. The molecule has 1 aliphatic carbocycles. The van der Waals surface area contributed by atoms with Crippen LogP contribution >= 0.6 is 0 Å². The van der Waals surface area contributed by atoms with E-state index in [9.17, 15) is 4.79 Å². The zero-order valence-electron chi connectivity index (χ0n) is 10.7. The maximum absolute atomic E-state index is 12.4. The molecular weight excluding hydrogens is 228 g/mol. The second-order valence-electron chi connectivity index (χ2n) is 5.57. The molecule has 1 aromatic heterocycles. The highest BCUT2D eigenvalue weighted by Crippen LogP contribution is 2.33. The summed E-state index contributed by atoms with van der Waals surface area (Å²) in [5, 5.41) is 0. The number of hydrogen-bond donors (Lipinski definition) is 1. The van der Waals surface area contributed by atoms with Crippen molar-refractivity contribution in [2.24, 2.45) is 11.7 Å². The Labute approximate surface area is 107 Å². The molecule has 98 valence electrons. The highest BCUT2D eigenvalue weighted by atomic mass is 16.1. The quantitative estimate of drug-likeness (QED) is 0.839. The predicted octanol–water partition coefficient (Wildman–Crippen LogP) is 0.752. The molecular formula is C13H20N4O. The smallest absolute Gasteiger partial charge is 0.293 e. The van der Waals surface area contributed by atoms with Crippen molar-refractivity contribution in [3.63, 3.8) is 0 Å². The fraction of sp³-hybridized carbons (Fsp3) is 0.692. The minimum absolute atomic E-state index is 0.0580. The first-order valence-electron chi connectivity index (χ1n) is 6.74. The van der Waals surface area contributed by atoms with Gasteiger partial charge in [0.25, 0.3) is 5.56 Å². The molecule has 2 heterocycles. The monoisotopic (exact) mass is 248 g/mol. The van der Waals surface area contributed by atoms with Crippen molar-refractivity contribution in [1.29, 1.82) is 0 Å². The van der Waals surface area contributed by atoms with Gasteiger partial charge in [-0.3, -0.25) is 4.79 Å². The van der Waals surface area contributed by atoms with Crippen molar-refractivity contribution in [3.05, 3.63) is 22.7 Å². The average Bonchev–Trinajstić information content (AvgIpc) is 3.17. The molecule has 3 rings (SSSR count). The Morgan fingerprint density at radius 1 is 1.39 bits per heavy atom. The minimum Gasteiger partial charge on any atom is -0.352 e. The number of aromatic nitrogens is 2. The number of nitrogens with two attached hydrogens (primary N) is 1. The molecule has 0 radical (unpaired) electrons. The Balaban J connectivity index is 1.88. The predicted molar refractivity (Wildman–Crippen MR) is 70.7 cm³/mol. The van der Waals surface area contributed by atoms with Crippen LogP contribution in [0, 0.1) is 5.92 Å². The second kappa shape index (κ2) is 4.39. The lowest BCUT2D eigenvalue weighted by atomic mass is 9.95. The number of anilines is 1. The molecule has 2 unspecified atom stereocenters. The van der Waals surface area contributed by atoms with Gasteiger partial charge in [-0.1, -0.05) is 6.92 Å². The van der Waals surface area contributed by atoms with Crippen molar-refractivity contribution >= 4 is 5.82 Å². The fourth-order valence-electron chi connectivity index (χ4n) is 2.63. The van der Waals surface area contributed by atoms with Crippen LogP contribution in [0.25, 0.3) is 0 Å². The molecule has 18 heavy (non-hydrogen) atoms. The van der Waals surface area contributed by atoms with Gasteiger partial charge in [0.05, 0.1) is 0 Å². The zero-order chi connectivity index (χ0) is 12.7. The first-order valence-corrected chi connectivity index (χ1v) is 6.74. The molecule has 2 fully saturated rings. The summed E-state index contributed by atoms with van der Waals surface area (Å²) in [5.74, 6) is 1.01. The van der Waals surface area contributed by atoms with E-state index >= 15 is 0 Å². The lowest BCUT2D eigenvalue weighted by Gasteiger charge is -2.35. The number of nitrogens with zero attached hydrogens (tertiary/aromatic N) is 3.